The summed E-state index contributed by atoms with van der Waals surface area (Å²) >= 11 is 1.30. The summed E-state index contributed by atoms with van der Waals surface area (Å²) in [6, 6.07) is 15.5. The fourth-order valence-electron chi connectivity index (χ4n) is 3.05. The van der Waals surface area contributed by atoms with Gasteiger partial charge in [-0.25, -0.2) is 4.98 Å². The number of hydrogen-bond donors (Lipinski definition) is 2. The molecule has 29 heavy (non-hydrogen) atoms. The Bertz CT molecular complexity index is 1080. The zero-order valence-corrected chi connectivity index (χ0v) is 16.4. The second-order valence-corrected chi connectivity index (χ2v) is 7.45. The molecule has 0 radical (unpaired) electrons. The van der Waals surface area contributed by atoms with Crippen molar-refractivity contribution in [2.75, 3.05) is 10.3 Å². The van der Waals surface area contributed by atoms with Crippen molar-refractivity contribution in [2.24, 2.45) is 5.10 Å². The van der Waals surface area contributed by atoms with Gasteiger partial charge in [-0.15, -0.1) is 11.3 Å². The Morgan fingerprint density at radius 3 is 2.55 bits per heavy atom. The van der Waals surface area contributed by atoms with Crippen LogP contribution in [0.3, 0.4) is 0 Å². The maximum absolute atomic E-state index is 12.7. The fourth-order valence-corrected chi connectivity index (χ4v) is 3.76. The lowest BCUT2D eigenvalue weighted by molar-refractivity contribution is -0.118. The van der Waals surface area contributed by atoms with Crippen molar-refractivity contribution in [3.8, 4) is 17.0 Å². The summed E-state index contributed by atoms with van der Waals surface area (Å²) in [7, 11) is 0. The number of benzene rings is 2. The van der Waals surface area contributed by atoms with Gasteiger partial charge in [-0.1, -0.05) is 18.2 Å². The molecule has 0 aliphatic carbocycles. The van der Waals surface area contributed by atoms with Crippen molar-refractivity contribution in [2.45, 2.75) is 19.4 Å². The number of carbonyl (C=O) groups is 2. The van der Waals surface area contributed by atoms with Gasteiger partial charge in [0.1, 0.15) is 17.5 Å². The van der Waals surface area contributed by atoms with Crippen LogP contribution in [0.5, 0.6) is 5.75 Å². The molecule has 2 aromatic carbocycles. The van der Waals surface area contributed by atoms with Gasteiger partial charge in [0.2, 0.25) is 0 Å². The van der Waals surface area contributed by atoms with E-state index in [1.54, 1.807) is 29.3 Å². The van der Waals surface area contributed by atoms with Crippen molar-refractivity contribution in [1.82, 2.24) is 4.98 Å². The first kappa shape index (κ1) is 18.8. The van der Waals surface area contributed by atoms with Crippen LogP contribution in [0.4, 0.5) is 10.8 Å². The highest BCUT2D eigenvalue weighted by atomic mass is 32.1. The molecule has 1 aliphatic rings. The number of hydrogen-bond acceptors (Lipinski definition) is 7. The van der Waals surface area contributed by atoms with E-state index in [2.05, 4.69) is 15.4 Å². The van der Waals surface area contributed by atoms with Crippen LogP contribution in [0.25, 0.3) is 11.3 Å². The molecular weight excluding hydrogens is 388 g/mol. The Kier molecular flexibility index (Phi) is 5.09. The number of carbonyl (C=O) groups excluding carboxylic acids is 2. The summed E-state index contributed by atoms with van der Waals surface area (Å²) in [4.78, 5) is 29.2. The summed E-state index contributed by atoms with van der Waals surface area (Å²) in [6.07, 6.45) is 0.242. The molecule has 1 atom stereocenters. The molecule has 0 fully saturated rings. The number of amides is 1. The summed E-state index contributed by atoms with van der Waals surface area (Å²) in [5.41, 5.74) is 2.59. The Hall–Kier alpha value is -3.52. The van der Waals surface area contributed by atoms with Crippen LogP contribution < -0.4 is 10.3 Å². The number of aromatic hydroxyl groups is 1. The molecule has 1 unspecified atom stereocenters. The lowest BCUT2D eigenvalue weighted by atomic mass is 10.1. The third kappa shape index (κ3) is 4.02. The van der Waals surface area contributed by atoms with Gasteiger partial charge in [0.15, 0.2) is 10.9 Å². The molecule has 7 nitrogen and oxygen atoms in total. The molecule has 1 amide bonds. The maximum Gasteiger partial charge on any atom is 0.273 e. The molecule has 0 spiro atoms. The topological polar surface area (TPSA) is 94.9 Å². The molecule has 1 aromatic heterocycles. The predicted molar refractivity (Wildman–Crippen MR) is 113 cm³/mol. The summed E-state index contributed by atoms with van der Waals surface area (Å²) in [6.45, 7) is 1.50. The van der Waals surface area contributed by atoms with E-state index in [1.165, 1.54) is 18.3 Å². The molecule has 146 valence electrons. The number of phenolic OH excluding ortho intramolecular Hbond substituents is 1. The number of aromatic nitrogens is 1. The number of Topliss-reactive ketones (excluding diaryl/α,β-unsaturated/α-hetero) is 1. The molecule has 0 saturated carbocycles. The standard InChI is InChI=1S/C21H18N4O3S/c1-13(26)19-11-17(24-25(19)15-5-3-2-4-6-15)20(28)23-21-22-18(12-29-21)14-7-9-16(27)10-8-14/h2-10,12,19,27H,11H2,1H3,(H,22,23,28). The van der Waals surface area contributed by atoms with Gasteiger partial charge >= 0.3 is 0 Å². The molecule has 8 heteroatoms. The smallest absolute Gasteiger partial charge is 0.273 e. The number of nitrogens with zero attached hydrogens (tertiary/aromatic N) is 3. The van der Waals surface area contributed by atoms with Gasteiger partial charge in [0, 0.05) is 17.4 Å². The zero-order valence-electron chi connectivity index (χ0n) is 15.6. The first-order chi connectivity index (χ1) is 14.0. The highest BCUT2D eigenvalue weighted by Crippen LogP contribution is 2.28. The number of thiazole rings is 1. The summed E-state index contributed by atoms with van der Waals surface area (Å²) in [5, 5.41) is 20.4. The number of hydrazone groups is 1. The minimum absolute atomic E-state index is 0.0516. The van der Waals surface area contributed by atoms with E-state index in [1.807, 2.05) is 35.7 Å². The van der Waals surface area contributed by atoms with Crippen molar-refractivity contribution in [3.63, 3.8) is 0 Å². The van der Waals surface area contributed by atoms with Gasteiger partial charge in [0.05, 0.1) is 11.4 Å². The number of nitrogens with one attached hydrogen (secondary N) is 1. The van der Waals surface area contributed by atoms with E-state index < -0.39 is 6.04 Å². The van der Waals surface area contributed by atoms with Crippen LogP contribution in [0.2, 0.25) is 0 Å². The number of ketones is 1. The quantitative estimate of drug-likeness (QED) is 0.674. The van der Waals surface area contributed by atoms with E-state index in [9.17, 15) is 14.7 Å². The third-order valence-electron chi connectivity index (χ3n) is 4.55. The van der Waals surface area contributed by atoms with Gasteiger partial charge in [-0.3, -0.25) is 19.9 Å². The van der Waals surface area contributed by atoms with E-state index in [-0.39, 0.29) is 29.6 Å². The maximum atomic E-state index is 12.7. The highest BCUT2D eigenvalue weighted by Gasteiger charge is 2.34. The minimum Gasteiger partial charge on any atom is -0.508 e. The van der Waals surface area contributed by atoms with Crippen LogP contribution in [0.1, 0.15) is 13.3 Å². The number of phenols is 1. The van der Waals surface area contributed by atoms with E-state index >= 15 is 0 Å². The Morgan fingerprint density at radius 1 is 1.14 bits per heavy atom. The average Bonchev–Trinajstić information content (AvgIpc) is 3.37. The van der Waals surface area contributed by atoms with Crippen molar-refractivity contribution >= 4 is 39.6 Å². The second-order valence-electron chi connectivity index (χ2n) is 6.60. The number of para-hydroxylation sites is 1. The van der Waals surface area contributed by atoms with Crippen LogP contribution in [-0.4, -0.2) is 33.5 Å². The summed E-state index contributed by atoms with van der Waals surface area (Å²) in [5.74, 6) is -0.245. The minimum atomic E-state index is -0.498. The van der Waals surface area contributed by atoms with E-state index in [0.717, 1.165) is 11.3 Å². The molecule has 0 bridgehead atoms. The number of rotatable bonds is 5. The largest absolute Gasteiger partial charge is 0.508 e. The molecule has 2 heterocycles. The molecule has 4 rings (SSSR count). The van der Waals surface area contributed by atoms with Gasteiger partial charge in [-0.05, 0) is 43.3 Å². The monoisotopic (exact) mass is 406 g/mol. The Balaban J connectivity index is 1.51. The third-order valence-corrected chi connectivity index (χ3v) is 5.31. The fraction of sp³-hybridized carbons (Fsp3) is 0.143. The molecule has 2 N–H and O–H groups in total. The van der Waals surface area contributed by atoms with Crippen molar-refractivity contribution in [1.29, 1.82) is 0 Å². The lowest BCUT2D eigenvalue weighted by Crippen LogP contribution is -2.33. The normalized spacial score (nSPS) is 15.8. The lowest BCUT2D eigenvalue weighted by Gasteiger charge is -2.20. The highest BCUT2D eigenvalue weighted by molar-refractivity contribution is 7.14. The SMILES string of the molecule is CC(=O)C1CC(C(=O)Nc2nc(-c3ccc(O)cc3)cs2)=NN1c1ccccc1. The average molecular weight is 406 g/mol. The first-order valence-corrected chi connectivity index (χ1v) is 9.88. The van der Waals surface area contributed by atoms with Crippen molar-refractivity contribution < 1.29 is 14.7 Å². The van der Waals surface area contributed by atoms with Gasteiger partial charge in [-0.2, -0.15) is 5.10 Å². The van der Waals surface area contributed by atoms with Crippen LogP contribution in [0, 0.1) is 0 Å². The second kappa shape index (κ2) is 7.84. The van der Waals surface area contributed by atoms with Gasteiger partial charge < -0.3 is 5.11 Å². The molecule has 1 aliphatic heterocycles. The Morgan fingerprint density at radius 2 is 1.86 bits per heavy atom. The predicted octanol–water partition coefficient (Wildman–Crippen LogP) is 3.68. The van der Waals surface area contributed by atoms with E-state index in [4.69, 9.17) is 0 Å². The molecule has 0 saturated heterocycles. The van der Waals surface area contributed by atoms with E-state index in [0.29, 0.717) is 10.8 Å². The molecule has 3 aromatic rings. The van der Waals surface area contributed by atoms with Crippen LogP contribution in [-0.2, 0) is 9.59 Å². The summed E-state index contributed by atoms with van der Waals surface area (Å²) < 4.78 is 0. The van der Waals surface area contributed by atoms with Gasteiger partial charge in [0.25, 0.3) is 5.91 Å². The first-order valence-electron chi connectivity index (χ1n) is 9.00. The number of anilines is 2. The van der Waals surface area contributed by atoms with Crippen LogP contribution >= 0.6 is 11.3 Å². The molecular formula is C21H18N4O3S. The Labute approximate surface area is 171 Å². The van der Waals surface area contributed by atoms with Crippen LogP contribution in [0.15, 0.2) is 65.1 Å². The zero-order chi connectivity index (χ0) is 20.4. The van der Waals surface area contributed by atoms with Crippen molar-refractivity contribution in [3.05, 3.63) is 60.0 Å².